The number of carbonyl (C=O) groups excluding carboxylic acids is 2. The largest absolute Gasteiger partial charge is 0.368 e. The maximum atomic E-state index is 13.0. The van der Waals surface area contributed by atoms with Crippen LogP contribution in [0.25, 0.3) is 0 Å². The number of anilines is 1. The minimum absolute atomic E-state index is 0.107. The maximum absolute atomic E-state index is 13.0. The van der Waals surface area contributed by atoms with Crippen molar-refractivity contribution in [1.82, 2.24) is 15.5 Å². The fraction of sp³-hybridized carbons (Fsp3) is 0.300. The summed E-state index contributed by atoms with van der Waals surface area (Å²) in [6.45, 7) is 3.04. The Morgan fingerprint density at radius 2 is 1.59 bits per heavy atom. The maximum Gasteiger partial charge on any atom is 0.317 e. The van der Waals surface area contributed by atoms with Crippen molar-refractivity contribution < 1.29 is 14.0 Å². The summed E-state index contributed by atoms with van der Waals surface area (Å²) in [5, 5.41) is 5.49. The number of benzene rings is 2. The van der Waals surface area contributed by atoms with E-state index < -0.39 is 0 Å². The molecule has 1 fully saturated rings. The molecule has 2 N–H and O–H groups in total. The molecule has 3 amide bonds. The van der Waals surface area contributed by atoms with Gasteiger partial charge in [-0.15, -0.1) is 0 Å². The van der Waals surface area contributed by atoms with Crippen molar-refractivity contribution in [3.05, 3.63) is 65.5 Å². The molecule has 0 aliphatic carbocycles. The van der Waals surface area contributed by atoms with Gasteiger partial charge < -0.3 is 20.4 Å². The van der Waals surface area contributed by atoms with Crippen LogP contribution in [0.2, 0.25) is 0 Å². The van der Waals surface area contributed by atoms with Gasteiger partial charge in [0, 0.05) is 51.0 Å². The summed E-state index contributed by atoms with van der Waals surface area (Å²) in [6, 6.07) is 13.4. The van der Waals surface area contributed by atoms with Crippen LogP contribution < -0.4 is 15.5 Å². The second-order valence-corrected chi connectivity index (χ2v) is 6.39. The molecule has 0 unspecified atom stereocenters. The molecule has 3 rings (SSSR count). The Morgan fingerprint density at radius 3 is 2.19 bits per heavy atom. The van der Waals surface area contributed by atoms with E-state index in [1.54, 1.807) is 36.2 Å². The predicted octanol–water partition coefficient (Wildman–Crippen LogP) is 2.22. The van der Waals surface area contributed by atoms with E-state index in [-0.39, 0.29) is 17.8 Å². The molecule has 7 heteroatoms. The van der Waals surface area contributed by atoms with Crippen LogP contribution in [0.1, 0.15) is 15.9 Å². The summed E-state index contributed by atoms with van der Waals surface area (Å²) >= 11 is 0. The van der Waals surface area contributed by atoms with Gasteiger partial charge in [0.25, 0.3) is 5.91 Å². The predicted molar refractivity (Wildman–Crippen MR) is 102 cm³/mol. The van der Waals surface area contributed by atoms with Crippen LogP contribution in [0.5, 0.6) is 0 Å². The first-order chi connectivity index (χ1) is 13.1. The number of nitrogens with zero attached hydrogens (tertiary/aromatic N) is 2. The highest BCUT2D eigenvalue weighted by molar-refractivity contribution is 5.93. The molecule has 0 aromatic heterocycles. The van der Waals surface area contributed by atoms with Gasteiger partial charge >= 0.3 is 6.03 Å². The topological polar surface area (TPSA) is 64.7 Å². The molecule has 0 radical (unpaired) electrons. The highest BCUT2D eigenvalue weighted by Gasteiger charge is 2.21. The number of urea groups is 1. The van der Waals surface area contributed by atoms with Crippen LogP contribution in [-0.4, -0.2) is 50.1 Å². The van der Waals surface area contributed by atoms with Crippen molar-refractivity contribution in [3.63, 3.8) is 0 Å². The van der Waals surface area contributed by atoms with Crippen LogP contribution in [-0.2, 0) is 6.54 Å². The van der Waals surface area contributed by atoms with E-state index in [0.717, 1.165) is 11.3 Å². The molecular formula is C20H23FN4O2. The third-order valence-corrected chi connectivity index (χ3v) is 4.65. The lowest BCUT2D eigenvalue weighted by atomic mass is 10.1. The Labute approximate surface area is 158 Å². The summed E-state index contributed by atoms with van der Waals surface area (Å²) in [6.07, 6.45) is 0. The highest BCUT2D eigenvalue weighted by atomic mass is 19.1. The zero-order chi connectivity index (χ0) is 19.2. The fourth-order valence-electron chi connectivity index (χ4n) is 3.03. The zero-order valence-electron chi connectivity index (χ0n) is 15.2. The molecular weight excluding hydrogens is 347 g/mol. The molecule has 0 bridgehead atoms. The summed E-state index contributed by atoms with van der Waals surface area (Å²) in [7, 11) is 1.59. The molecule has 1 aliphatic rings. The van der Waals surface area contributed by atoms with E-state index in [1.165, 1.54) is 12.1 Å². The number of rotatable bonds is 4. The molecule has 27 heavy (non-hydrogen) atoms. The minimum Gasteiger partial charge on any atom is -0.368 e. The normalized spacial score (nSPS) is 14.0. The first-order valence-electron chi connectivity index (χ1n) is 8.91. The second kappa shape index (κ2) is 8.53. The van der Waals surface area contributed by atoms with Gasteiger partial charge in [-0.1, -0.05) is 12.1 Å². The first-order valence-corrected chi connectivity index (χ1v) is 8.91. The number of hydrogen-bond acceptors (Lipinski definition) is 3. The Morgan fingerprint density at radius 1 is 0.963 bits per heavy atom. The second-order valence-electron chi connectivity index (χ2n) is 6.39. The SMILES string of the molecule is CNC(=O)c1ccc(CNC(=O)N2CCN(c3ccc(F)cc3)CC2)cc1. The Kier molecular flexibility index (Phi) is 5.90. The van der Waals surface area contributed by atoms with Gasteiger partial charge in [0.1, 0.15) is 5.82 Å². The lowest BCUT2D eigenvalue weighted by molar-refractivity contribution is 0.0963. The summed E-state index contributed by atoms with van der Waals surface area (Å²) in [4.78, 5) is 27.8. The van der Waals surface area contributed by atoms with Gasteiger partial charge in [0.2, 0.25) is 0 Å². The highest BCUT2D eigenvalue weighted by Crippen LogP contribution is 2.17. The fourth-order valence-corrected chi connectivity index (χ4v) is 3.03. The van der Waals surface area contributed by atoms with Crippen LogP contribution in [0.3, 0.4) is 0 Å². The van der Waals surface area contributed by atoms with Crippen LogP contribution in [0.4, 0.5) is 14.9 Å². The van der Waals surface area contributed by atoms with Crippen molar-refractivity contribution in [2.45, 2.75) is 6.54 Å². The number of nitrogens with one attached hydrogen (secondary N) is 2. The molecule has 0 saturated carbocycles. The number of halogens is 1. The molecule has 0 spiro atoms. The molecule has 1 saturated heterocycles. The monoisotopic (exact) mass is 370 g/mol. The molecule has 6 nitrogen and oxygen atoms in total. The Hall–Kier alpha value is -3.09. The molecule has 0 atom stereocenters. The van der Waals surface area contributed by atoms with Gasteiger partial charge in [-0.05, 0) is 42.0 Å². The lowest BCUT2D eigenvalue weighted by Crippen LogP contribution is -2.51. The molecule has 2 aromatic rings. The van der Waals surface area contributed by atoms with E-state index in [9.17, 15) is 14.0 Å². The number of amides is 3. The smallest absolute Gasteiger partial charge is 0.317 e. The Balaban J connectivity index is 1.47. The van der Waals surface area contributed by atoms with Gasteiger partial charge in [-0.25, -0.2) is 9.18 Å². The molecule has 142 valence electrons. The van der Waals surface area contributed by atoms with E-state index in [2.05, 4.69) is 15.5 Å². The van der Waals surface area contributed by atoms with Gasteiger partial charge in [-0.2, -0.15) is 0 Å². The van der Waals surface area contributed by atoms with Crippen molar-refractivity contribution in [3.8, 4) is 0 Å². The average Bonchev–Trinajstić information content (AvgIpc) is 2.72. The summed E-state index contributed by atoms with van der Waals surface area (Å²) in [5.74, 6) is -0.385. The van der Waals surface area contributed by atoms with E-state index in [1.807, 2.05) is 12.1 Å². The number of carbonyl (C=O) groups is 2. The van der Waals surface area contributed by atoms with E-state index in [4.69, 9.17) is 0 Å². The van der Waals surface area contributed by atoms with E-state index in [0.29, 0.717) is 38.3 Å². The van der Waals surface area contributed by atoms with Gasteiger partial charge in [-0.3, -0.25) is 4.79 Å². The standard InChI is InChI=1S/C20H23FN4O2/c1-22-19(26)16-4-2-15(3-5-16)14-23-20(27)25-12-10-24(11-13-25)18-8-6-17(21)7-9-18/h2-9H,10-14H2,1H3,(H,22,26)(H,23,27). The van der Waals surface area contributed by atoms with Gasteiger partial charge in [0.05, 0.1) is 0 Å². The van der Waals surface area contributed by atoms with Crippen LogP contribution in [0.15, 0.2) is 48.5 Å². The number of hydrogen-bond donors (Lipinski definition) is 2. The van der Waals surface area contributed by atoms with Crippen LogP contribution in [0, 0.1) is 5.82 Å². The summed E-state index contributed by atoms with van der Waals surface area (Å²) < 4.78 is 13.0. The quantitative estimate of drug-likeness (QED) is 0.867. The molecule has 1 aliphatic heterocycles. The van der Waals surface area contributed by atoms with Crippen molar-refractivity contribution in [1.29, 1.82) is 0 Å². The molecule has 1 heterocycles. The first kappa shape index (κ1) is 18.7. The van der Waals surface area contributed by atoms with Crippen molar-refractivity contribution >= 4 is 17.6 Å². The van der Waals surface area contributed by atoms with E-state index >= 15 is 0 Å². The third kappa shape index (κ3) is 4.75. The average molecular weight is 370 g/mol. The lowest BCUT2D eigenvalue weighted by Gasteiger charge is -2.36. The Bertz CT molecular complexity index is 785. The zero-order valence-corrected chi connectivity index (χ0v) is 15.2. The minimum atomic E-state index is -0.250. The van der Waals surface area contributed by atoms with Crippen molar-refractivity contribution in [2.24, 2.45) is 0 Å². The molecule has 2 aromatic carbocycles. The third-order valence-electron chi connectivity index (χ3n) is 4.65. The number of piperazine rings is 1. The van der Waals surface area contributed by atoms with Gasteiger partial charge in [0.15, 0.2) is 0 Å². The summed E-state index contributed by atoms with van der Waals surface area (Å²) in [5.41, 5.74) is 2.48. The van der Waals surface area contributed by atoms with Crippen LogP contribution >= 0.6 is 0 Å². The van der Waals surface area contributed by atoms with Crippen molar-refractivity contribution in [2.75, 3.05) is 38.1 Å².